The first-order valence-corrected chi connectivity index (χ1v) is 7.55. The Morgan fingerprint density at radius 2 is 1.85 bits per heavy atom. The second kappa shape index (κ2) is 5.89. The van der Waals surface area contributed by atoms with E-state index in [0.29, 0.717) is 11.5 Å². The number of nitrogens with zero attached hydrogens (tertiary/aromatic N) is 1. The van der Waals surface area contributed by atoms with E-state index >= 15 is 0 Å². The summed E-state index contributed by atoms with van der Waals surface area (Å²) < 4.78 is 16.9. The van der Waals surface area contributed by atoms with Gasteiger partial charge in [-0.05, 0) is 19.1 Å². The van der Waals surface area contributed by atoms with Crippen LogP contribution < -0.4 is 9.47 Å². The molecular formula is C14H18BrNO4. The number of ether oxygens (including phenoxy) is 3. The van der Waals surface area contributed by atoms with Crippen molar-refractivity contribution in [3.05, 3.63) is 22.2 Å². The quantitative estimate of drug-likeness (QED) is 0.908. The predicted octanol–water partition coefficient (Wildman–Crippen LogP) is 1.93. The van der Waals surface area contributed by atoms with Crippen molar-refractivity contribution in [3.63, 3.8) is 0 Å². The van der Waals surface area contributed by atoms with Crippen LogP contribution in [0.4, 0.5) is 0 Å². The normalized spacial score (nSPS) is 21.8. The molecule has 0 aromatic heterocycles. The third kappa shape index (κ3) is 2.65. The lowest BCUT2D eigenvalue weighted by atomic mass is 10.0. The molecule has 0 amide bonds. The molecule has 0 radical (unpaired) electrons. The van der Waals surface area contributed by atoms with Gasteiger partial charge in [-0.25, -0.2) is 0 Å². The molecule has 0 unspecified atom stereocenters. The summed E-state index contributed by atoms with van der Waals surface area (Å²) in [5.74, 6) is 1.41. The van der Waals surface area contributed by atoms with E-state index in [-0.39, 0.29) is 12.8 Å². The van der Waals surface area contributed by atoms with Crippen molar-refractivity contribution >= 4 is 15.9 Å². The average Bonchev–Trinajstić information content (AvgIpc) is 2.93. The van der Waals surface area contributed by atoms with Gasteiger partial charge in [-0.3, -0.25) is 4.90 Å². The molecule has 1 fully saturated rings. The van der Waals surface area contributed by atoms with E-state index in [0.717, 1.165) is 36.3 Å². The molecule has 5 nitrogen and oxygen atoms in total. The number of hydrogen-bond acceptors (Lipinski definition) is 5. The van der Waals surface area contributed by atoms with Crippen molar-refractivity contribution in [1.82, 2.24) is 4.90 Å². The molecule has 0 aliphatic carbocycles. The Morgan fingerprint density at radius 3 is 2.55 bits per heavy atom. The van der Waals surface area contributed by atoms with Gasteiger partial charge in [-0.15, -0.1) is 0 Å². The van der Waals surface area contributed by atoms with Gasteiger partial charge in [0.25, 0.3) is 0 Å². The predicted molar refractivity (Wildman–Crippen MR) is 77.1 cm³/mol. The monoisotopic (exact) mass is 343 g/mol. The summed E-state index contributed by atoms with van der Waals surface area (Å²) in [6, 6.07) is 3.73. The van der Waals surface area contributed by atoms with Crippen LogP contribution in [0.2, 0.25) is 0 Å². The summed E-state index contributed by atoms with van der Waals surface area (Å²) in [6.45, 7) is 5.41. The average molecular weight is 344 g/mol. The zero-order valence-electron chi connectivity index (χ0n) is 11.3. The van der Waals surface area contributed by atoms with Gasteiger partial charge in [0.2, 0.25) is 6.79 Å². The van der Waals surface area contributed by atoms with Crippen molar-refractivity contribution in [2.45, 2.75) is 19.1 Å². The number of aliphatic hydroxyl groups excluding tert-OH is 1. The number of benzene rings is 1. The number of rotatable bonds is 3. The molecule has 1 aromatic carbocycles. The smallest absolute Gasteiger partial charge is 0.231 e. The molecule has 2 atom stereocenters. The van der Waals surface area contributed by atoms with Crippen molar-refractivity contribution in [3.8, 4) is 11.5 Å². The van der Waals surface area contributed by atoms with E-state index in [1.54, 1.807) is 0 Å². The van der Waals surface area contributed by atoms with Crippen LogP contribution >= 0.6 is 15.9 Å². The van der Waals surface area contributed by atoms with Crippen LogP contribution in [0.5, 0.6) is 11.5 Å². The van der Waals surface area contributed by atoms with Gasteiger partial charge in [0.15, 0.2) is 11.5 Å². The lowest BCUT2D eigenvalue weighted by Gasteiger charge is -2.35. The lowest BCUT2D eigenvalue weighted by molar-refractivity contribution is -0.0168. The van der Waals surface area contributed by atoms with Crippen LogP contribution in [0.1, 0.15) is 18.6 Å². The molecule has 20 heavy (non-hydrogen) atoms. The highest BCUT2D eigenvalue weighted by atomic mass is 79.9. The van der Waals surface area contributed by atoms with Crippen molar-refractivity contribution in [2.24, 2.45) is 0 Å². The number of morpholine rings is 1. The fraction of sp³-hybridized carbons (Fsp3) is 0.571. The number of aliphatic hydroxyl groups is 1. The van der Waals surface area contributed by atoms with Crippen molar-refractivity contribution in [2.75, 3.05) is 33.1 Å². The second-order valence-corrected chi connectivity index (χ2v) is 5.92. The Balaban J connectivity index is 1.80. The first kappa shape index (κ1) is 14.1. The van der Waals surface area contributed by atoms with Crippen LogP contribution in [0.15, 0.2) is 16.6 Å². The number of halogens is 1. The molecule has 6 heteroatoms. The first-order chi connectivity index (χ1) is 9.66. The number of hydrogen-bond donors (Lipinski definition) is 1. The molecule has 3 rings (SSSR count). The molecule has 0 saturated carbocycles. The maximum Gasteiger partial charge on any atom is 0.231 e. The highest BCUT2D eigenvalue weighted by molar-refractivity contribution is 9.10. The van der Waals surface area contributed by atoms with E-state index in [2.05, 4.69) is 20.8 Å². The highest BCUT2D eigenvalue weighted by Gasteiger charge is 2.28. The minimum Gasteiger partial charge on any atom is -0.454 e. The Labute approximate surface area is 126 Å². The SMILES string of the molecule is C[C@H]([C@H](O)c1cc2c(cc1Br)OCO2)N1CCOCC1. The molecular weight excluding hydrogens is 326 g/mol. The fourth-order valence-electron chi connectivity index (χ4n) is 2.60. The second-order valence-electron chi connectivity index (χ2n) is 5.06. The van der Waals surface area contributed by atoms with Crippen LogP contribution in [0, 0.1) is 0 Å². The molecule has 1 saturated heterocycles. The van der Waals surface area contributed by atoms with E-state index in [1.807, 2.05) is 19.1 Å². The van der Waals surface area contributed by atoms with E-state index in [9.17, 15) is 5.11 Å². The maximum atomic E-state index is 10.6. The number of fused-ring (bicyclic) bond motifs is 1. The third-order valence-corrected chi connectivity index (χ3v) is 4.58. The van der Waals surface area contributed by atoms with E-state index in [1.165, 1.54) is 0 Å². The fourth-order valence-corrected chi connectivity index (χ4v) is 3.16. The van der Waals surface area contributed by atoms with Crippen molar-refractivity contribution in [1.29, 1.82) is 0 Å². The zero-order valence-corrected chi connectivity index (χ0v) is 12.9. The maximum absolute atomic E-state index is 10.6. The van der Waals surface area contributed by atoms with Gasteiger partial charge in [0, 0.05) is 29.2 Å². The summed E-state index contributed by atoms with van der Waals surface area (Å²) in [7, 11) is 0. The molecule has 110 valence electrons. The topological polar surface area (TPSA) is 51.2 Å². The van der Waals surface area contributed by atoms with Crippen LogP contribution in [0.25, 0.3) is 0 Å². The minimum absolute atomic E-state index is 0.0237. The van der Waals surface area contributed by atoms with Gasteiger partial charge in [-0.2, -0.15) is 0 Å². The zero-order chi connectivity index (χ0) is 14.1. The van der Waals surface area contributed by atoms with Gasteiger partial charge in [0.05, 0.1) is 19.3 Å². The molecule has 2 aliphatic heterocycles. The summed E-state index contributed by atoms with van der Waals surface area (Å²) in [4.78, 5) is 2.24. The summed E-state index contributed by atoms with van der Waals surface area (Å²) >= 11 is 3.50. The summed E-state index contributed by atoms with van der Waals surface area (Å²) in [5, 5.41) is 10.6. The molecule has 0 spiro atoms. The third-order valence-electron chi connectivity index (χ3n) is 3.89. The Morgan fingerprint density at radius 1 is 1.20 bits per heavy atom. The lowest BCUT2D eigenvalue weighted by Crippen LogP contribution is -2.44. The van der Waals surface area contributed by atoms with E-state index < -0.39 is 6.10 Å². The summed E-state index contributed by atoms with van der Waals surface area (Å²) in [6.07, 6.45) is -0.586. The molecule has 0 bridgehead atoms. The first-order valence-electron chi connectivity index (χ1n) is 6.75. The Kier molecular flexibility index (Phi) is 4.16. The largest absolute Gasteiger partial charge is 0.454 e. The highest BCUT2D eigenvalue weighted by Crippen LogP contribution is 2.40. The Hall–Kier alpha value is -0.820. The van der Waals surface area contributed by atoms with Gasteiger partial charge >= 0.3 is 0 Å². The minimum atomic E-state index is -0.586. The van der Waals surface area contributed by atoms with Gasteiger partial charge in [-0.1, -0.05) is 15.9 Å². The summed E-state index contributed by atoms with van der Waals surface area (Å²) in [5.41, 5.74) is 0.827. The molecule has 1 N–H and O–H groups in total. The van der Waals surface area contributed by atoms with Gasteiger partial charge in [0.1, 0.15) is 0 Å². The van der Waals surface area contributed by atoms with Crippen LogP contribution in [0.3, 0.4) is 0 Å². The van der Waals surface area contributed by atoms with Gasteiger partial charge < -0.3 is 19.3 Å². The standard InChI is InChI=1S/C14H18BrNO4/c1-9(16-2-4-18-5-3-16)14(17)10-6-12-13(7-11(10)15)20-8-19-12/h6-7,9,14,17H,2-5,8H2,1H3/t9-,14+/m1/s1. The van der Waals surface area contributed by atoms with Crippen molar-refractivity contribution < 1.29 is 19.3 Å². The molecule has 2 heterocycles. The van der Waals surface area contributed by atoms with E-state index in [4.69, 9.17) is 14.2 Å². The van der Waals surface area contributed by atoms with Crippen LogP contribution in [-0.2, 0) is 4.74 Å². The molecule has 2 aliphatic rings. The Bertz CT molecular complexity index is 490. The van der Waals surface area contributed by atoms with Crippen LogP contribution in [-0.4, -0.2) is 49.1 Å². The molecule has 1 aromatic rings.